The molecule has 1 aromatic rings. The zero-order chi connectivity index (χ0) is 13.7. The van der Waals surface area contributed by atoms with Crippen LogP contribution in [0, 0.1) is 12.3 Å². The van der Waals surface area contributed by atoms with E-state index >= 15 is 0 Å². The summed E-state index contributed by atoms with van der Waals surface area (Å²) < 4.78 is 0. The molecule has 0 spiro atoms. The maximum absolute atomic E-state index is 4.66. The number of nitrogens with zero attached hydrogens (tertiary/aromatic N) is 1. The van der Waals surface area contributed by atoms with Crippen molar-refractivity contribution >= 4 is 11.3 Å². The number of hydrogen-bond acceptors (Lipinski definition) is 3. The number of rotatable bonds is 6. The van der Waals surface area contributed by atoms with Gasteiger partial charge in [0.1, 0.15) is 0 Å². The summed E-state index contributed by atoms with van der Waals surface area (Å²) in [7, 11) is 0. The van der Waals surface area contributed by atoms with Crippen LogP contribution < -0.4 is 5.32 Å². The molecule has 0 amide bonds. The highest BCUT2D eigenvalue weighted by atomic mass is 32.1. The Balaban J connectivity index is 2.05. The predicted molar refractivity (Wildman–Crippen MR) is 83.8 cm³/mol. The summed E-state index contributed by atoms with van der Waals surface area (Å²) >= 11 is 1.78. The molecule has 1 unspecified atom stereocenters. The van der Waals surface area contributed by atoms with E-state index in [-0.39, 0.29) is 0 Å². The second kappa shape index (κ2) is 6.85. The Labute approximate surface area is 122 Å². The van der Waals surface area contributed by atoms with Gasteiger partial charge in [-0.15, -0.1) is 11.3 Å². The van der Waals surface area contributed by atoms with E-state index in [2.05, 4.69) is 36.5 Å². The number of nitrogens with one attached hydrogen (secondary N) is 1. The Morgan fingerprint density at radius 1 is 1.37 bits per heavy atom. The monoisotopic (exact) mass is 280 g/mol. The van der Waals surface area contributed by atoms with Crippen LogP contribution in [0.3, 0.4) is 0 Å². The molecular formula is C16H28N2S. The molecule has 1 N–H and O–H groups in total. The Bertz CT molecular complexity index is 380. The van der Waals surface area contributed by atoms with Crippen LogP contribution in [0.5, 0.6) is 0 Å². The van der Waals surface area contributed by atoms with Crippen molar-refractivity contribution in [1.82, 2.24) is 10.3 Å². The molecule has 0 aromatic carbocycles. The van der Waals surface area contributed by atoms with Crippen molar-refractivity contribution in [1.29, 1.82) is 0 Å². The van der Waals surface area contributed by atoms with Crippen molar-refractivity contribution in [3.63, 3.8) is 0 Å². The van der Waals surface area contributed by atoms with Gasteiger partial charge in [-0.25, -0.2) is 4.98 Å². The molecular weight excluding hydrogens is 252 g/mol. The minimum absolute atomic E-state index is 0.463. The van der Waals surface area contributed by atoms with E-state index < -0.39 is 0 Å². The van der Waals surface area contributed by atoms with Gasteiger partial charge >= 0.3 is 0 Å². The third-order valence-electron chi connectivity index (χ3n) is 4.56. The maximum Gasteiger partial charge on any atom is 0.0897 e. The Morgan fingerprint density at radius 3 is 2.68 bits per heavy atom. The summed E-state index contributed by atoms with van der Waals surface area (Å²) in [5.74, 6) is 0. The molecule has 2 rings (SSSR count). The van der Waals surface area contributed by atoms with Crippen LogP contribution in [0.15, 0.2) is 5.38 Å². The molecule has 108 valence electrons. The van der Waals surface area contributed by atoms with E-state index in [0.717, 1.165) is 13.0 Å². The SMILES string of the molecule is CCCNC(Cc1csc(C)n1)C1(C)CCCCC1. The summed E-state index contributed by atoms with van der Waals surface area (Å²) in [5, 5.41) is 7.23. The zero-order valence-electron chi connectivity index (χ0n) is 12.7. The Kier molecular flexibility index (Phi) is 5.40. The number of aromatic nitrogens is 1. The van der Waals surface area contributed by atoms with Crippen molar-refractivity contribution in [2.24, 2.45) is 5.41 Å². The lowest BCUT2D eigenvalue weighted by molar-refractivity contribution is 0.143. The van der Waals surface area contributed by atoms with Gasteiger partial charge in [-0.2, -0.15) is 0 Å². The smallest absolute Gasteiger partial charge is 0.0897 e. The van der Waals surface area contributed by atoms with Crippen LogP contribution in [0.1, 0.15) is 63.1 Å². The third kappa shape index (κ3) is 4.03. The first-order chi connectivity index (χ1) is 9.14. The largest absolute Gasteiger partial charge is 0.313 e. The highest BCUT2D eigenvalue weighted by Gasteiger charge is 2.35. The molecule has 3 heteroatoms. The van der Waals surface area contributed by atoms with Gasteiger partial charge in [0.2, 0.25) is 0 Å². The minimum Gasteiger partial charge on any atom is -0.313 e. The highest BCUT2D eigenvalue weighted by Crippen LogP contribution is 2.39. The van der Waals surface area contributed by atoms with Gasteiger partial charge in [-0.05, 0) is 38.1 Å². The van der Waals surface area contributed by atoms with E-state index in [1.807, 2.05) is 0 Å². The molecule has 1 aromatic heterocycles. The van der Waals surface area contributed by atoms with Crippen molar-refractivity contribution in [2.75, 3.05) is 6.54 Å². The summed E-state index contributed by atoms with van der Waals surface area (Å²) in [5.41, 5.74) is 1.74. The number of thiazole rings is 1. The van der Waals surface area contributed by atoms with Crippen LogP contribution in [-0.4, -0.2) is 17.6 Å². The standard InChI is InChI=1S/C16H28N2S/c1-4-10-17-15(11-14-12-19-13(2)18-14)16(3)8-6-5-7-9-16/h12,15,17H,4-11H2,1-3H3. The van der Waals surface area contributed by atoms with Gasteiger partial charge in [-0.1, -0.05) is 33.1 Å². The Hall–Kier alpha value is -0.410. The fourth-order valence-corrected chi connectivity index (χ4v) is 3.93. The van der Waals surface area contributed by atoms with Gasteiger partial charge < -0.3 is 5.32 Å². The Morgan fingerprint density at radius 2 is 2.11 bits per heavy atom. The molecule has 1 atom stereocenters. The van der Waals surface area contributed by atoms with E-state index in [1.54, 1.807) is 11.3 Å². The fraction of sp³-hybridized carbons (Fsp3) is 0.812. The molecule has 1 heterocycles. The average Bonchev–Trinajstić information content (AvgIpc) is 2.81. The molecule has 1 aliphatic carbocycles. The molecule has 0 aliphatic heterocycles. The first-order valence-corrected chi connectivity index (χ1v) is 8.66. The highest BCUT2D eigenvalue weighted by molar-refractivity contribution is 7.09. The van der Waals surface area contributed by atoms with Crippen LogP contribution in [-0.2, 0) is 6.42 Å². The van der Waals surface area contributed by atoms with Crippen molar-refractivity contribution in [3.05, 3.63) is 16.1 Å². The van der Waals surface area contributed by atoms with E-state index in [1.165, 1.54) is 49.2 Å². The van der Waals surface area contributed by atoms with Crippen molar-refractivity contribution in [2.45, 2.75) is 71.8 Å². The van der Waals surface area contributed by atoms with Crippen molar-refractivity contribution in [3.8, 4) is 0 Å². The minimum atomic E-state index is 0.463. The van der Waals surface area contributed by atoms with Gasteiger partial charge in [-0.3, -0.25) is 0 Å². The summed E-state index contributed by atoms with van der Waals surface area (Å²) in [6.45, 7) is 7.97. The fourth-order valence-electron chi connectivity index (χ4n) is 3.30. The van der Waals surface area contributed by atoms with Gasteiger partial charge in [0.05, 0.1) is 10.7 Å². The molecule has 1 aliphatic rings. The van der Waals surface area contributed by atoms with Crippen molar-refractivity contribution < 1.29 is 0 Å². The van der Waals surface area contributed by atoms with E-state index in [0.29, 0.717) is 11.5 Å². The quantitative estimate of drug-likeness (QED) is 0.839. The maximum atomic E-state index is 4.66. The number of hydrogen-bond donors (Lipinski definition) is 1. The first kappa shape index (κ1) is 15.0. The normalized spacial score (nSPS) is 20.4. The lowest BCUT2D eigenvalue weighted by atomic mass is 9.69. The molecule has 1 fully saturated rings. The molecule has 0 radical (unpaired) electrons. The second-order valence-corrected chi connectivity index (χ2v) is 7.35. The summed E-state index contributed by atoms with van der Waals surface area (Å²) in [4.78, 5) is 4.66. The number of aryl methyl sites for hydroxylation is 1. The van der Waals surface area contributed by atoms with Gasteiger partial charge in [0.15, 0.2) is 0 Å². The van der Waals surface area contributed by atoms with Crippen LogP contribution in [0.25, 0.3) is 0 Å². The molecule has 2 nitrogen and oxygen atoms in total. The van der Waals surface area contributed by atoms with Gasteiger partial charge in [0.25, 0.3) is 0 Å². The third-order valence-corrected chi connectivity index (χ3v) is 5.38. The summed E-state index contributed by atoms with van der Waals surface area (Å²) in [6, 6.07) is 0.592. The lowest BCUT2D eigenvalue weighted by Crippen LogP contribution is -2.46. The second-order valence-electron chi connectivity index (χ2n) is 6.28. The molecule has 1 saturated carbocycles. The lowest BCUT2D eigenvalue weighted by Gasteiger charge is -2.41. The summed E-state index contributed by atoms with van der Waals surface area (Å²) in [6.07, 6.45) is 9.28. The average molecular weight is 280 g/mol. The van der Waals surface area contributed by atoms with Gasteiger partial charge in [0, 0.05) is 17.8 Å². The van der Waals surface area contributed by atoms with Crippen LogP contribution >= 0.6 is 11.3 Å². The van der Waals surface area contributed by atoms with Crippen LogP contribution in [0.4, 0.5) is 0 Å². The molecule has 0 bridgehead atoms. The first-order valence-electron chi connectivity index (χ1n) is 7.78. The molecule has 19 heavy (non-hydrogen) atoms. The topological polar surface area (TPSA) is 24.9 Å². The van der Waals surface area contributed by atoms with Crippen LogP contribution in [0.2, 0.25) is 0 Å². The van der Waals surface area contributed by atoms with E-state index in [9.17, 15) is 0 Å². The van der Waals surface area contributed by atoms with E-state index in [4.69, 9.17) is 0 Å². The zero-order valence-corrected chi connectivity index (χ0v) is 13.5. The molecule has 0 saturated heterocycles. The predicted octanol–water partition coefficient (Wildman–Crippen LogP) is 4.33.